The number of para-hydroxylation sites is 1. The van der Waals surface area contributed by atoms with Crippen LogP contribution in [0.4, 0.5) is 0 Å². The molecule has 0 atom stereocenters. The van der Waals surface area contributed by atoms with Gasteiger partial charge in [0.15, 0.2) is 0 Å². The second-order valence-electron chi connectivity index (χ2n) is 4.84. The normalized spacial score (nSPS) is 16.2. The lowest BCUT2D eigenvalue weighted by atomic mass is 10.2. The van der Waals surface area contributed by atoms with Crippen molar-refractivity contribution in [2.24, 2.45) is 0 Å². The maximum absolute atomic E-state index is 11.2. The molecule has 1 saturated heterocycles. The highest BCUT2D eigenvalue weighted by atomic mass is 16.4. The van der Waals surface area contributed by atoms with Crippen LogP contribution in [0.5, 0.6) is 0 Å². The van der Waals surface area contributed by atoms with E-state index in [0.29, 0.717) is 17.6 Å². The molecule has 2 heterocycles. The van der Waals surface area contributed by atoms with E-state index in [1.54, 1.807) is 22.9 Å². The van der Waals surface area contributed by atoms with E-state index in [-0.39, 0.29) is 5.56 Å². The third-order valence-electron chi connectivity index (χ3n) is 3.59. The first kappa shape index (κ1) is 12.1. The number of nitrogens with zero attached hydrogens (tertiary/aromatic N) is 4. The number of carboxylic acid groups (broad SMARTS) is 1. The van der Waals surface area contributed by atoms with Crippen LogP contribution in [-0.4, -0.2) is 50.6 Å². The number of fused-ring (bicyclic) bond motifs is 1. The monoisotopic (exact) mass is 260 g/mol. The second-order valence-corrected chi connectivity index (χ2v) is 4.84. The molecule has 6 heteroatoms. The Hall–Kier alpha value is -1.95. The Kier molecular flexibility index (Phi) is 3.16. The summed E-state index contributed by atoms with van der Waals surface area (Å²) in [6.07, 6.45) is 2.50. The van der Waals surface area contributed by atoms with Gasteiger partial charge in [0, 0.05) is 6.54 Å². The molecule has 6 nitrogen and oxygen atoms in total. The van der Waals surface area contributed by atoms with Gasteiger partial charge in [-0.15, -0.1) is 5.10 Å². The number of carbonyl (C=O) groups is 1. The topological polar surface area (TPSA) is 71.2 Å². The van der Waals surface area contributed by atoms with Gasteiger partial charge in [-0.2, -0.15) is 0 Å². The molecule has 2 aromatic rings. The molecule has 0 unspecified atom stereocenters. The van der Waals surface area contributed by atoms with E-state index in [9.17, 15) is 9.90 Å². The molecule has 19 heavy (non-hydrogen) atoms. The summed E-state index contributed by atoms with van der Waals surface area (Å²) in [4.78, 5) is 13.6. The van der Waals surface area contributed by atoms with Crippen LogP contribution in [0.2, 0.25) is 0 Å². The summed E-state index contributed by atoms with van der Waals surface area (Å²) in [5.41, 5.74) is 1.53. The quantitative estimate of drug-likeness (QED) is 0.895. The van der Waals surface area contributed by atoms with Crippen LogP contribution in [0.3, 0.4) is 0 Å². The van der Waals surface area contributed by atoms with E-state index in [2.05, 4.69) is 15.2 Å². The minimum atomic E-state index is -0.935. The van der Waals surface area contributed by atoms with Crippen LogP contribution >= 0.6 is 0 Å². The number of aromatic carboxylic acids is 1. The Balaban J connectivity index is 1.88. The number of aromatic nitrogens is 3. The van der Waals surface area contributed by atoms with Crippen molar-refractivity contribution < 1.29 is 9.90 Å². The highest BCUT2D eigenvalue weighted by molar-refractivity contribution is 6.00. The van der Waals surface area contributed by atoms with Crippen molar-refractivity contribution in [3.8, 4) is 0 Å². The van der Waals surface area contributed by atoms with E-state index in [1.807, 2.05) is 0 Å². The van der Waals surface area contributed by atoms with Crippen molar-refractivity contribution in [2.45, 2.75) is 19.4 Å². The maximum Gasteiger partial charge on any atom is 0.337 e. The molecule has 0 aliphatic carbocycles. The van der Waals surface area contributed by atoms with Crippen molar-refractivity contribution in [2.75, 3.05) is 19.6 Å². The van der Waals surface area contributed by atoms with Gasteiger partial charge in [-0.05, 0) is 38.1 Å². The Morgan fingerprint density at radius 1 is 1.26 bits per heavy atom. The lowest BCUT2D eigenvalue weighted by molar-refractivity contribution is 0.0698. The third kappa shape index (κ3) is 2.31. The molecule has 0 bridgehead atoms. The molecule has 1 fully saturated rings. The number of likely N-dealkylation sites (tertiary alicyclic amines) is 1. The Morgan fingerprint density at radius 2 is 2.05 bits per heavy atom. The summed E-state index contributed by atoms with van der Waals surface area (Å²) in [5.74, 6) is -0.935. The first-order valence-corrected chi connectivity index (χ1v) is 6.53. The standard InChI is InChI=1S/C13H16N4O2/c18-13(19)10-4-3-5-11-12(10)17(15-14-11)9-8-16-6-1-2-7-16/h3-5H,1-2,6-9H2,(H,18,19). The third-order valence-corrected chi connectivity index (χ3v) is 3.59. The average molecular weight is 260 g/mol. The van der Waals surface area contributed by atoms with Crippen LogP contribution < -0.4 is 0 Å². The number of hydrogen-bond donors (Lipinski definition) is 1. The van der Waals surface area contributed by atoms with Crippen LogP contribution in [-0.2, 0) is 6.54 Å². The van der Waals surface area contributed by atoms with E-state index >= 15 is 0 Å². The molecule has 1 aromatic heterocycles. The summed E-state index contributed by atoms with van der Waals surface area (Å²) in [6.45, 7) is 3.82. The lowest BCUT2D eigenvalue weighted by Crippen LogP contribution is -2.24. The molecule has 1 aliphatic heterocycles. The van der Waals surface area contributed by atoms with Crippen molar-refractivity contribution >= 4 is 17.0 Å². The highest BCUT2D eigenvalue weighted by Crippen LogP contribution is 2.17. The fourth-order valence-electron chi connectivity index (χ4n) is 2.60. The number of hydrogen-bond acceptors (Lipinski definition) is 4. The summed E-state index contributed by atoms with van der Waals surface area (Å²) in [6, 6.07) is 5.09. The fraction of sp³-hybridized carbons (Fsp3) is 0.462. The van der Waals surface area contributed by atoms with Gasteiger partial charge in [-0.25, -0.2) is 9.48 Å². The van der Waals surface area contributed by atoms with Crippen molar-refractivity contribution in [1.82, 2.24) is 19.9 Å². The van der Waals surface area contributed by atoms with Crippen molar-refractivity contribution in [3.05, 3.63) is 23.8 Å². The van der Waals surface area contributed by atoms with Crippen LogP contribution in [0, 0.1) is 0 Å². The minimum absolute atomic E-state index is 0.268. The van der Waals surface area contributed by atoms with Gasteiger partial charge in [0.1, 0.15) is 11.0 Å². The minimum Gasteiger partial charge on any atom is -0.478 e. The first-order chi connectivity index (χ1) is 9.25. The summed E-state index contributed by atoms with van der Waals surface area (Å²) in [5, 5.41) is 17.3. The molecular formula is C13H16N4O2. The predicted octanol–water partition coefficient (Wildman–Crippen LogP) is 1.23. The Labute approximate surface area is 110 Å². The van der Waals surface area contributed by atoms with Gasteiger partial charge < -0.3 is 10.0 Å². The molecular weight excluding hydrogens is 244 g/mol. The molecule has 0 saturated carbocycles. The van der Waals surface area contributed by atoms with Gasteiger partial charge in [-0.1, -0.05) is 11.3 Å². The lowest BCUT2D eigenvalue weighted by Gasteiger charge is -2.14. The molecule has 0 amide bonds. The molecule has 1 aromatic carbocycles. The first-order valence-electron chi connectivity index (χ1n) is 6.53. The van der Waals surface area contributed by atoms with E-state index < -0.39 is 5.97 Å². The van der Waals surface area contributed by atoms with Crippen molar-refractivity contribution in [3.63, 3.8) is 0 Å². The van der Waals surface area contributed by atoms with Crippen LogP contribution in [0.25, 0.3) is 11.0 Å². The Morgan fingerprint density at radius 3 is 2.79 bits per heavy atom. The zero-order chi connectivity index (χ0) is 13.2. The van der Waals surface area contributed by atoms with Crippen LogP contribution in [0.1, 0.15) is 23.2 Å². The molecule has 3 rings (SSSR count). The SMILES string of the molecule is O=C(O)c1cccc2nnn(CCN3CCCC3)c12. The summed E-state index contributed by atoms with van der Waals surface area (Å²) < 4.78 is 1.71. The van der Waals surface area contributed by atoms with Gasteiger partial charge in [0.05, 0.1) is 12.1 Å². The zero-order valence-electron chi connectivity index (χ0n) is 10.6. The second kappa shape index (κ2) is 4.97. The Bertz CT molecular complexity index is 602. The largest absolute Gasteiger partial charge is 0.478 e. The molecule has 0 spiro atoms. The van der Waals surface area contributed by atoms with E-state index in [1.165, 1.54) is 12.8 Å². The summed E-state index contributed by atoms with van der Waals surface area (Å²) >= 11 is 0. The highest BCUT2D eigenvalue weighted by Gasteiger charge is 2.16. The fourth-order valence-corrected chi connectivity index (χ4v) is 2.60. The van der Waals surface area contributed by atoms with Crippen LogP contribution in [0.15, 0.2) is 18.2 Å². The summed E-state index contributed by atoms with van der Waals surface area (Å²) in [7, 11) is 0. The molecule has 1 N–H and O–H groups in total. The average Bonchev–Trinajstić information content (AvgIpc) is 3.05. The molecule has 0 radical (unpaired) electrons. The maximum atomic E-state index is 11.2. The van der Waals surface area contributed by atoms with E-state index in [4.69, 9.17) is 0 Å². The molecule has 100 valence electrons. The van der Waals surface area contributed by atoms with Gasteiger partial charge in [0.25, 0.3) is 0 Å². The van der Waals surface area contributed by atoms with Gasteiger partial charge in [-0.3, -0.25) is 0 Å². The number of carboxylic acids is 1. The number of rotatable bonds is 4. The molecule has 1 aliphatic rings. The van der Waals surface area contributed by atoms with Crippen molar-refractivity contribution in [1.29, 1.82) is 0 Å². The number of benzene rings is 1. The van der Waals surface area contributed by atoms with E-state index in [0.717, 1.165) is 19.6 Å². The van der Waals surface area contributed by atoms with Gasteiger partial charge >= 0.3 is 5.97 Å². The van der Waals surface area contributed by atoms with Gasteiger partial charge in [0.2, 0.25) is 0 Å². The smallest absolute Gasteiger partial charge is 0.337 e. The zero-order valence-corrected chi connectivity index (χ0v) is 10.6. The predicted molar refractivity (Wildman–Crippen MR) is 70.2 cm³/mol.